The molecule has 1 aliphatic rings. The van der Waals surface area contributed by atoms with Crippen LogP contribution in [0, 0.1) is 0 Å². The molecule has 1 N–H and O–H groups in total. The normalized spacial score (nSPS) is 15.8. The maximum atomic E-state index is 12.6. The second kappa shape index (κ2) is 7.62. The van der Waals surface area contributed by atoms with E-state index in [1.807, 2.05) is 42.6 Å². The molecule has 0 atom stereocenters. The SMILES string of the molecule is O=C(NC1CCN(Cc2cccnc2)CC1)c1cnc2ccccc2c1. The number of hydrogen-bond donors (Lipinski definition) is 1. The fraction of sp³-hybridized carbons (Fsp3) is 0.286. The Labute approximate surface area is 153 Å². The van der Waals surface area contributed by atoms with Gasteiger partial charge in [0.2, 0.25) is 0 Å². The van der Waals surface area contributed by atoms with Gasteiger partial charge in [-0.15, -0.1) is 0 Å². The number of carbonyl (C=O) groups excluding carboxylic acids is 1. The van der Waals surface area contributed by atoms with Crippen LogP contribution >= 0.6 is 0 Å². The van der Waals surface area contributed by atoms with Crippen molar-refractivity contribution >= 4 is 16.8 Å². The van der Waals surface area contributed by atoms with Gasteiger partial charge < -0.3 is 5.32 Å². The highest BCUT2D eigenvalue weighted by Gasteiger charge is 2.21. The van der Waals surface area contributed by atoms with E-state index in [1.165, 1.54) is 5.56 Å². The standard InChI is InChI=1S/C21H22N4O/c26-21(18-12-17-5-1-2-6-20(17)23-14-18)24-19-7-10-25(11-8-19)15-16-4-3-9-22-13-16/h1-6,9,12-14,19H,7-8,10-11,15H2,(H,24,26). The number of nitrogens with one attached hydrogen (secondary N) is 1. The first-order valence-corrected chi connectivity index (χ1v) is 9.05. The van der Waals surface area contributed by atoms with Crippen LogP contribution < -0.4 is 5.32 Å². The number of fused-ring (bicyclic) bond motifs is 1. The lowest BCUT2D eigenvalue weighted by molar-refractivity contribution is 0.0908. The molecule has 0 bridgehead atoms. The molecule has 1 amide bonds. The zero-order chi connectivity index (χ0) is 17.8. The number of amides is 1. The van der Waals surface area contributed by atoms with E-state index in [2.05, 4.69) is 26.3 Å². The Morgan fingerprint density at radius 3 is 2.77 bits per heavy atom. The molecule has 3 heterocycles. The summed E-state index contributed by atoms with van der Waals surface area (Å²) in [5.74, 6) is -0.0334. The van der Waals surface area contributed by atoms with E-state index in [1.54, 1.807) is 12.4 Å². The van der Waals surface area contributed by atoms with Gasteiger partial charge in [-0.1, -0.05) is 24.3 Å². The number of hydrogen-bond acceptors (Lipinski definition) is 4. The van der Waals surface area contributed by atoms with Crippen molar-refractivity contribution in [2.45, 2.75) is 25.4 Å². The van der Waals surface area contributed by atoms with Gasteiger partial charge in [0.15, 0.2) is 0 Å². The molecule has 5 nitrogen and oxygen atoms in total. The molecule has 0 unspecified atom stereocenters. The number of likely N-dealkylation sites (tertiary alicyclic amines) is 1. The van der Waals surface area contributed by atoms with E-state index in [9.17, 15) is 4.79 Å². The molecule has 3 aromatic rings. The van der Waals surface area contributed by atoms with Crippen molar-refractivity contribution in [3.8, 4) is 0 Å². The highest BCUT2D eigenvalue weighted by Crippen LogP contribution is 2.16. The average Bonchev–Trinajstić information content (AvgIpc) is 2.70. The maximum absolute atomic E-state index is 12.6. The molecule has 26 heavy (non-hydrogen) atoms. The van der Waals surface area contributed by atoms with Crippen molar-refractivity contribution in [1.29, 1.82) is 0 Å². The predicted molar refractivity (Wildman–Crippen MR) is 102 cm³/mol. The second-order valence-corrected chi connectivity index (χ2v) is 6.80. The lowest BCUT2D eigenvalue weighted by atomic mass is 10.0. The molecule has 1 fully saturated rings. The molecular formula is C21H22N4O. The van der Waals surface area contributed by atoms with Gasteiger partial charge in [-0.2, -0.15) is 0 Å². The Morgan fingerprint density at radius 2 is 1.96 bits per heavy atom. The monoisotopic (exact) mass is 346 g/mol. The fourth-order valence-electron chi connectivity index (χ4n) is 3.45. The molecular weight excluding hydrogens is 324 g/mol. The first kappa shape index (κ1) is 16.7. The van der Waals surface area contributed by atoms with Crippen molar-refractivity contribution in [3.05, 3.63) is 72.2 Å². The van der Waals surface area contributed by atoms with Crippen LogP contribution in [0.1, 0.15) is 28.8 Å². The van der Waals surface area contributed by atoms with E-state index < -0.39 is 0 Å². The predicted octanol–water partition coefficient (Wildman–Crippen LogP) is 3.02. The van der Waals surface area contributed by atoms with Gasteiger partial charge in [-0.25, -0.2) is 0 Å². The van der Waals surface area contributed by atoms with Crippen molar-refractivity contribution < 1.29 is 4.79 Å². The van der Waals surface area contributed by atoms with Gasteiger partial charge >= 0.3 is 0 Å². The van der Waals surface area contributed by atoms with Crippen LogP contribution in [0.25, 0.3) is 10.9 Å². The summed E-state index contributed by atoms with van der Waals surface area (Å²) in [6.45, 7) is 2.88. The Kier molecular flexibility index (Phi) is 4.88. The fourth-order valence-corrected chi connectivity index (χ4v) is 3.45. The van der Waals surface area contributed by atoms with Crippen LogP contribution in [-0.4, -0.2) is 39.9 Å². The zero-order valence-electron chi connectivity index (χ0n) is 14.6. The van der Waals surface area contributed by atoms with Gasteiger partial charge in [0.25, 0.3) is 5.91 Å². The maximum Gasteiger partial charge on any atom is 0.253 e. The molecule has 0 spiro atoms. The number of pyridine rings is 2. The minimum Gasteiger partial charge on any atom is -0.349 e. The summed E-state index contributed by atoms with van der Waals surface area (Å²) in [6, 6.07) is 14.1. The first-order chi connectivity index (χ1) is 12.8. The smallest absolute Gasteiger partial charge is 0.253 e. The molecule has 1 aliphatic heterocycles. The summed E-state index contributed by atoms with van der Waals surface area (Å²) in [5, 5.41) is 4.16. The van der Waals surface area contributed by atoms with E-state index in [-0.39, 0.29) is 11.9 Å². The van der Waals surface area contributed by atoms with Crippen LogP contribution in [0.4, 0.5) is 0 Å². The summed E-state index contributed by atoms with van der Waals surface area (Å²) in [6.07, 6.45) is 7.31. The summed E-state index contributed by atoms with van der Waals surface area (Å²) >= 11 is 0. The summed E-state index contributed by atoms with van der Waals surface area (Å²) in [4.78, 5) is 23.5. The Bertz CT molecular complexity index is 889. The average molecular weight is 346 g/mol. The van der Waals surface area contributed by atoms with E-state index in [0.29, 0.717) is 5.56 Å². The van der Waals surface area contributed by atoms with Crippen molar-refractivity contribution in [1.82, 2.24) is 20.2 Å². The van der Waals surface area contributed by atoms with Crippen molar-refractivity contribution in [2.75, 3.05) is 13.1 Å². The summed E-state index contributed by atoms with van der Waals surface area (Å²) < 4.78 is 0. The largest absolute Gasteiger partial charge is 0.349 e. The quantitative estimate of drug-likeness (QED) is 0.789. The van der Waals surface area contributed by atoms with Crippen LogP contribution in [0.15, 0.2) is 61.1 Å². The third kappa shape index (κ3) is 3.89. The number of para-hydroxylation sites is 1. The first-order valence-electron chi connectivity index (χ1n) is 9.05. The van der Waals surface area contributed by atoms with Gasteiger partial charge in [-0.3, -0.25) is 19.7 Å². The molecule has 1 aromatic carbocycles. The molecule has 5 heteroatoms. The highest BCUT2D eigenvalue weighted by molar-refractivity contribution is 5.97. The zero-order valence-corrected chi connectivity index (χ0v) is 14.6. The third-order valence-corrected chi connectivity index (χ3v) is 4.90. The minimum atomic E-state index is -0.0334. The van der Waals surface area contributed by atoms with E-state index >= 15 is 0 Å². The number of rotatable bonds is 4. The summed E-state index contributed by atoms with van der Waals surface area (Å²) in [7, 11) is 0. The third-order valence-electron chi connectivity index (χ3n) is 4.90. The Hall–Kier alpha value is -2.79. The van der Waals surface area contributed by atoms with Crippen LogP contribution in [0.3, 0.4) is 0 Å². The number of benzene rings is 1. The van der Waals surface area contributed by atoms with Crippen molar-refractivity contribution in [3.63, 3.8) is 0 Å². The van der Waals surface area contributed by atoms with Crippen LogP contribution in [0.2, 0.25) is 0 Å². The molecule has 4 rings (SSSR count). The molecule has 0 radical (unpaired) electrons. The lowest BCUT2D eigenvalue weighted by Crippen LogP contribution is -2.44. The Balaban J connectivity index is 1.32. The van der Waals surface area contributed by atoms with Gasteiger partial charge in [0.05, 0.1) is 11.1 Å². The number of aromatic nitrogens is 2. The van der Waals surface area contributed by atoms with E-state index in [0.717, 1.165) is 43.4 Å². The minimum absolute atomic E-state index is 0.0334. The lowest BCUT2D eigenvalue weighted by Gasteiger charge is -2.32. The molecule has 0 aliphatic carbocycles. The number of carbonyl (C=O) groups is 1. The molecule has 0 saturated carbocycles. The van der Waals surface area contributed by atoms with Crippen molar-refractivity contribution in [2.24, 2.45) is 0 Å². The van der Waals surface area contributed by atoms with Gasteiger partial charge in [-0.05, 0) is 36.6 Å². The van der Waals surface area contributed by atoms with Gasteiger partial charge in [0, 0.05) is 49.7 Å². The molecule has 1 saturated heterocycles. The summed E-state index contributed by atoms with van der Waals surface area (Å²) in [5.41, 5.74) is 2.77. The number of piperidine rings is 1. The van der Waals surface area contributed by atoms with E-state index in [4.69, 9.17) is 0 Å². The second-order valence-electron chi connectivity index (χ2n) is 6.80. The Morgan fingerprint density at radius 1 is 1.12 bits per heavy atom. The molecule has 132 valence electrons. The van der Waals surface area contributed by atoms with Crippen LogP contribution in [-0.2, 0) is 6.54 Å². The number of nitrogens with zero attached hydrogens (tertiary/aromatic N) is 3. The van der Waals surface area contributed by atoms with Gasteiger partial charge in [0.1, 0.15) is 0 Å². The van der Waals surface area contributed by atoms with Crippen LogP contribution in [0.5, 0.6) is 0 Å². The topological polar surface area (TPSA) is 58.1 Å². The highest BCUT2D eigenvalue weighted by atomic mass is 16.1. The molecule has 2 aromatic heterocycles.